The van der Waals surface area contributed by atoms with Gasteiger partial charge in [-0.25, -0.2) is 4.68 Å². The maximum Gasteiger partial charge on any atom is 0.267 e. The van der Waals surface area contributed by atoms with E-state index in [0.29, 0.717) is 11.6 Å². The van der Waals surface area contributed by atoms with Gasteiger partial charge in [0.25, 0.3) is 5.56 Å². The number of rotatable bonds is 4. The predicted octanol–water partition coefficient (Wildman–Crippen LogP) is 3.18. The Hall–Kier alpha value is -3.02. The predicted molar refractivity (Wildman–Crippen MR) is 100 cm³/mol. The second-order valence-electron chi connectivity index (χ2n) is 6.81. The highest BCUT2D eigenvalue weighted by Gasteiger charge is 2.27. The molecular formula is C20H20N4O2. The molecule has 2 aromatic heterocycles. The Morgan fingerprint density at radius 2 is 2.00 bits per heavy atom. The number of aryl methyl sites for hydroxylation is 1. The number of para-hydroxylation sites is 1. The van der Waals surface area contributed by atoms with Gasteiger partial charge in [-0.1, -0.05) is 18.2 Å². The zero-order chi connectivity index (χ0) is 18.3. The minimum absolute atomic E-state index is 0.271. The molecule has 132 valence electrons. The number of pyridine rings is 1. The molecule has 1 fully saturated rings. The van der Waals surface area contributed by atoms with E-state index in [-0.39, 0.29) is 11.5 Å². The van der Waals surface area contributed by atoms with Crippen LogP contribution in [0.5, 0.6) is 0 Å². The van der Waals surface area contributed by atoms with Crippen LogP contribution in [0.15, 0.2) is 47.3 Å². The van der Waals surface area contributed by atoms with Crippen molar-refractivity contribution in [1.29, 1.82) is 0 Å². The Bertz CT molecular complexity index is 1050. The number of anilines is 1. The van der Waals surface area contributed by atoms with Crippen molar-refractivity contribution in [3.63, 3.8) is 0 Å². The molecule has 2 heterocycles. The smallest absolute Gasteiger partial charge is 0.267 e. The summed E-state index contributed by atoms with van der Waals surface area (Å²) in [5.74, 6) is 0.146. The van der Waals surface area contributed by atoms with Crippen LogP contribution < -0.4 is 10.9 Å². The van der Waals surface area contributed by atoms with Crippen LogP contribution in [0.4, 0.5) is 5.69 Å². The first-order valence-electron chi connectivity index (χ1n) is 8.80. The van der Waals surface area contributed by atoms with Crippen molar-refractivity contribution in [2.24, 2.45) is 0 Å². The van der Waals surface area contributed by atoms with Crippen LogP contribution in [0.2, 0.25) is 0 Å². The summed E-state index contributed by atoms with van der Waals surface area (Å²) in [6, 6.07) is 12.0. The van der Waals surface area contributed by atoms with E-state index in [1.165, 1.54) is 10.7 Å². The monoisotopic (exact) mass is 348 g/mol. The summed E-state index contributed by atoms with van der Waals surface area (Å²) in [5, 5.41) is 8.21. The average Bonchev–Trinajstić information content (AvgIpc) is 3.46. The largest absolute Gasteiger partial charge is 0.324 e. The fraction of sp³-hybridized carbons (Fsp3) is 0.300. The van der Waals surface area contributed by atoms with E-state index in [1.54, 1.807) is 13.0 Å². The molecule has 0 saturated heterocycles. The molecular weight excluding hydrogens is 328 g/mol. The first-order chi connectivity index (χ1) is 12.5. The van der Waals surface area contributed by atoms with E-state index >= 15 is 0 Å². The first-order valence-corrected chi connectivity index (χ1v) is 8.80. The number of benzene rings is 1. The summed E-state index contributed by atoms with van der Waals surface area (Å²) in [4.78, 5) is 29.5. The zero-order valence-corrected chi connectivity index (χ0v) is 14.8. The van der Waals surface area contributed by atoms with Crippen LogP contribution in [0.3, 0.4) is 0 Å². The SMILES string of the molecule is Cc1cc(NC(=O)[C@H](C)n2nc(C3CC3)ccc2=O)c2ccccc2n1. The lowest BCUT2D eigenvalue weighted by atomic mass is 10.1. The van der Waals surface area contributed by atoms with E-state index in [1.807, 2.05) is 37.3 Å². The summed E-state index contributed by atoms with van der Waals surface area (Å²) in [6.07, 6.45) is 2.18. The minimum atomic E-state index is -0.701. The summed E-state index contributed by atoms with van der Waals surface area (Å²) in [7, 11) is 0. The lowest BCUT2D eigenvalue weighted by Crippen LogP contribution is -2.33. The molecule has 0 bridgehead atoms. The standard InChI is InChI=1S/C20H20N4O2/c1-12-11-18(15-5-3-4-6-17(15)21-12)22-20(26)13(2)24-19(25)10-9-16(23-24)14-7-8-14/h3-6,9-11,13-14H,7-8H2,1-2H3,(H,21,22,26)/t13-/m0/s1. The van der Waals surface area contributed by atoms with E-state index < -0.39 is 6.04 Å². The number of amides is 1. The minimum Gasteiger partial charge on any atom is -0.324 e. The maximum absolute atomic E-state index is 12.8. The Kier molecular flexibility index (Phi) is 4.03. The molecule has 4 rings (SSSR count). The second kappa shape index (κ2) is 6.37. The number of fused-ring (bicyclic) bond motifs is 1. The third-order valence-corrected chi connectivity index (χ3v) is 4.69. The fourth-order valence-corrected chi connectivity index (χ4v) is 3.07. The van der Waals surface area contributed by atoms with Gasteiger partial charge in [-0.05, 0) is 44.9 Å². The summed E-state index contributed by atoms with van der Waals surface area (Å²) < 4.78 is 1.28. The zero-order valence-electron chi connectivity index (χ0n) is 14.8. The Labute approximate surface area is 150 Å². The van der Waals surface area contributed by atoms with Crippen molar-refractivity contribution in [1.82, 2.24) is 14.8 Å². The van der Waals surface area contributed by atoms with Gasteiger partial charge < -0.3 is 5.32 Å². The second-order valence-corrected chi connectivity index (χ2v) is 6.81. The summed E-state index contributed by atoms with van der Waals surface area (Å²) in [6.45, 7) is 3.58. The van der Waals surface area contributed by atoms with E-state index in [2.05, 4.69) is 15.4 Å². The molecule has 6 heteroatoms. The fourth-order valence-electron chi connectivity index (χ4n) is 3.07. The maximum atomic E-state index is 12.8. The van der Waals surface area contributed by atoms with Crippen LogP contribution in [-0.4, -0.2) is 20.7 Å². The van der Waals surface area contributed by atoms with Gasteiger partial charge in [-0.15, -0.1) is 0 Å². The average molecular weight is 348 g/mol. The normalized spacial score (nSPS) is 15.0. The molecule has 1 amide bonds. The van der Waals surface area contributed by atoms with Crippen molar-refractivity contribution < 1.29 is 4.79 Å². The Balaban J connectivity index is 1.65. The Morgan fingerprint density at radius 1 is 1.23 bits per heavy atom. The molecule has 3 aromatic rings. The van der Waals surface area contributed by atoms with Crippen molar-refractivity contribution >= 4 is 22.5 Å². The van der Waals surface area contributed by atoms with E-state index in [9.17, 15) is 9.59 Å². The van der Waals surface area contributed by atoms with Gasteiger partial charge in [0.1, 0.15) is 6.04 Å². The molecule has 1 N–H and O–H groups in total. The van der Waals surface area contributed by atoms with Gasteiger partial charge in [-0.3, -0.25) is 14.6 Å². The molecule has 6 nitrogen and oxygen atoms in total. The number of aromatic nitrogens is 3. The Morgan fingerprint density at radius 3 is 2.77 bits per heavy atom. The first kappa shape index (κ1) is 16.4. The number of nitrogens with one attached hydrogen (secondary N) is 1. The highest BCUT2D eigenvalue weighted by molar-refractivity contribution is 6.02. The van der Waals surface area contributed by atoms with Crippen LogP contribution in [-0.2, 0) is 4.79 Å². The van der Waals surface area contributed by atoms with Crippen molar-refractivity contribution in [3.8, 4) is 0 Å². The number of hydrogen-bond acceptors (Lipinski definition) is 4. The topological polar surface area (TPSA) is 76.9 Å². The van der Waals surface area contributed by atoms with Crippen LogP contribution in [0.25, 0.3) is 10.9 Å². The van der Waals surface area contributed by atoms with Crippen molar-refractivity contribution in [2.45, 2.75) is 38.6 Å². The van der Waals surface area contributed by atoms with Gasteiger partial charge in [0.15, 0.2) is 0 Å². The third kappa shape index (κ3) is 3.10. The van der Waals surface area contributed by atoms with Crippen LogP contribution >= 0.6 is 0 Å². The molecule has 1 atom stereocenters. The third-order valence-electron chi connectivity index (χ3n) is 4.69. The number of hydrogen-bond donors (Lipinski definition) is 1. The molecule has 0 aliphatic heterocycles. The van der Waals surface area contributed by atoms with Crippen LogP contribution in [0.1, 0.15) is 43.1 Å². The van der Waals surface area contributed by atoms with E-state index in [0.717, 1.165) is 35.1 Å². The lowest BCUT2D eigenvalue weighted by Gasteiger charge is -2.16. The highest BCUT2D eigenvalue weighted by Crippen LogP contribution is 2.38. The molecule has 0 unspecified atom stereocenters. The number of nitrogens with zero attached hydrogens (tertiary/aromatic N) is 3. The molecule has 1 aliphatic carbocycles. The molecule has 1 aromatic carbocycles. The summed E-state index contributed by atoms with van der Waals surface area (Å²) in [5.41, 5.74) is 2.94. The van der Waals surface area contributed by atoms with Crippen LogP contribution in [0, 0.1) is 6.92 Å². The lowest BCUT2D eigenvalue weighted by molar-refractivity contribution is -0.119. The van der Waals surface area contributed by atoms with Crippen molar-refractivity contribution in [3.05, 3.63) is 64.2 Å². The molecule has 0 spiro atoms. The molecule has 26 heavy (non-hydrogen) atoms. The van der Waals surface area contributed by atoms with Gasteiger partial charge in [0, 0.05) is 23.1 Å². The summed E-state index contributed by atoms with van der Waals surface area (Å²) >= 11 is 0. The molecule has 1 aliphatic rings. The highest BCUT2D eigenvalue weighted by atomic mass is 16.2. The van der Waals surface area contributed by atoms with Gasteiger partial charge >= 0.3 is 0 Å². The molecule has 0 radical (unpaired) electrons. The van der Waals surface area contributed by atoms with Crippen molar-refractivity contribution in [2.75, 3.05) is 5.32 Å². The number of carbonyl (C=O) groups excluding carboxylic acids is 1. The molecule has 1 saturated carbocycles. The quantitative estimate of drug-likeness (QED) is 0.785. The van der Waals surface area contributed by atoms with Gasteiger partial charge in [-0.2, -0.15) is 5.10 Å². The van der Waals surface area contributed by atoms with Gasteiger partial charge in [0.2, 0.25) is 5.91 Å². The number of carbonyl (C=O) groups is 1. The van der Waals surface area contributed by atoms with Gasteiger partial charge in [0.05, 0.1) is 16.9 Å². The van der Waals surface area contributed by atoms with E-state index in [4.69, 9.17) is 0 Å².